The molecule has 82 valence electrons. The maximum Gasteiger partial charge on any atom is 0.0612 e. The molecule has 0 amide bonds. The second-order valence-electron chi connectivity index (χ2n) is 5.29. The SMILES string of the molecule is C#CC(CCCCCCC)[Si](C)(C)C. The first-order valence-electron chi connectivity index (χ1n) is 5.98. The Balaban J connectivity index is 3.61. The van der Waals surface area contributed by atoms with Gasteiger partial charge >= 0.3 is 0 Å². The molecule has 0 fully saturated rings. The van der Waals surface area contributed by atoms with E-state index in [0.29, 0.717) is 5.54 Å². The minimum atomic E-state index is -1.09. The molecule has 0 aliphatic carbocycles. The Labute approximate surface area is 91.5 Å². The molecule has 0 saturated heterocycles. The van der Waals surface area contributed by atoms with Gasteiger partial charge in [0.15, 0.2) is 0 Å². The summed E-state index contributed by atoms with van der Waals surface area (Å²) in [4.78, 5) is 0. The van der Waals surface area contributed by atoms with Gasteiger partial charge in [0.05, 0.1) is 8.07 Å². The van der Waals surface area contributed by atoms with E-state index in [1.807, 2.05) is 0 Å². The van der Waals surface area contributed by atoms with Gasteiger partial charge in [-0.3, -0.25) is 0 Å². The lowest BCUT2D eigenvalue weighted by atomic mass is 10.1. The molecule has 0 heterocycles. The fraction of sp³-hybridized carbons (Fsp3) is 0.846. The Hall–Kier alpha value is -0.223. The predicted octanol–water partition coefficient (Wildman–Crippen LogP) is 4.69. The van der Waals surface area contributed by atoms with Crippen molar-refractivity contribution in [3.05, 3.63) is 0 Å². The van der Waals surface area contributed by atoms with E-state index < -0.39 is 8.07 Å². The molecule has 0 aromatic heterocycles. The topological polar surface area (TPSA) is 0 Å². The summed E-state index contributed by atoms with van der Waals surface area (Å²) < 4.78 is 0. The van der Waals surface area contributed by atoms with Crippen molar-refractivity contribution in [2.24, 2.45) is 0 Å². The van der Waals surface area contributed by atoms with Gasteiger partial charge in [-0.05, 0) is 6.42 Å². The highest BCUT2D eigenvalue weighted by molar-refractivity contribution is 6.78. The smallest absolute Gasteiger partial charge is 0.0612 e. The zero-order valence-corrected chi connectivity index (χ0v) is 11.4. The summed E-state index contributed by atoms with van der Waals surface area (Å²) in [5.41, 5.74) is 0.587. The summed E-state index contributed by atoms with van der Waals surface area (Å²) in [5.74, 6) is 2.99. The van der Waals surface area contributed by atoms with E-state index in [1.165, 1.54) is 38.5 Å². The van der Waals surface area contributed by atoms with Gasteiger partial charge in [-0.25, -0.2) is 0 Å². The first-order chi connectivity index (χ1) is 6.52. The highest BCUT2D eigenvalue weighted by atomic mass is 28.3. The summed E-state index contributed by atoms with van der Waals surface area (Å²) in [6.45, 7) is 9.39. The van der Waals surface area contributed by atoms with Gasteiger partial charge in [0, 0.05) is 5.54 Å². The summed E-state index contributed by atoms with van der Waals surface area (Å²) in [6.07, 6.45) is 13.6. The maximum absolute atomic E-state index is 5.58. The first kappa shape index (κ1) is 13.8. The van der Waals surface area contributed by atoms with Gasteiger partial charge in [0.2, 0.25) is 0 Å². The maximum atomic E-state index is 5.58. The van der Waals surface area contributed by atoms with Crippen molar-refractivity contribution in [3.8, 4) is 12.3 Å². The molecular weight excluding hydrogens is 184 g/mol. The molecule has 0 spiro atoms. The van der Waals surface area contributed by atoms with Crippen LogP contribution in [0.4, 0.5) is 0 Å². The monoisotopic (exact) mass is 210 g/mol. The van der Waals surface area contributed by atoms with E-state index in [0.717, 1.165) is 0 Å². The van der Waals surface area contributed by atoms with Crippen LogP contribution < -0.4 is 0 Å². The summed E-state index contributed by atoms with van der Waals surface area (Å²) >= 11 is 0. The predicted molar refractivity (Wildman–Crippen MR) is 69.3 cm³/mol. The molecule has 0 aromatic carbocycles. The van der Waals surface area contributed by atoms with Crippen molar-refractivity contribution >= 4 is 8.07 Å². The second-order valence-corrected chi connectivity index (χ2v) is 10.7. The Kier molecular flexibility index (Phi) is 7.01. The Morgan fingerprint density at radius 1 is 1.07 bits per heavy atom. The molecule has 0 aromatic rings. The summed E-state index contributed by atoms with van der Waals surface area (Å²) in [6, 6.07) is 0. The van der Waals surface area contributed by atoms with E-state index in [1.54, 1.807) is 0 Å². The molecule has 14 heavy (non-hydrogen) atoms. The Bertz CT molecular complexity index is 171. The molecule has 0 rings (SSSR count). The average molecular weight is 210 g/mol. The van der Waals surface area contributed by atoms with Crippen molar-refractivity contribution in [1.29, 1.82) is 0 Å². The van der Waals surface area contributed by atoms with Crippen LogP contribution in [0.5, 0.6) is 0 Å². The molecule has 1 unspecified atom stereocenters. The van der Waals surface area contributed by atoms with E-state index in [2.05, 4.69) is 32.5 Å². The molecule has 0 bridgehead atoms. The third-order valence-corrected chi connectivity index (χ3v) is 5.39. The van der Waals surface area contributed by atoms with Crippen molar-refractivity contribution in [3.63, 3.8) is 0 Å². The third kappa shape index (κ3) is 6.26. The fourth-order valence-electron chi connectivity index (χ4n) is 1.72. The van der Waals surface area contributed by atoms with Gasteiger partial charge in [-0.1, -0.05) is 58.7 Å². The largest absolute Gasteiger partial charge is 0.120 e. The number of unbranched alkanes of at least 4 members (excludes halogenated alkanes) is 4. The average Bonchev–Trinajstić information content (AvgIpc) is 2.09. The third-order valence-electron chi connectivity index (χ3n) is 2.84. The zero-order valence-electron chi connectivity index (χ0n) is 10.4. The minimum absolute atomic E-state index is 0.587. The van der Waals surface area contributed by atoms with Crippen molar-refractivity contribution in [2.45, 2.75) is 70.6 Å². The second kappa shape index (κ2) is 7.12. The van der Waals surface area contributed by atoms with Crippen LogP contribution >= 0.6 is 0 Å². The van der Waals surface area contributed by atoms with Crippen molar-refractivity contribution in [2.75, 3.05) is 0 Å². The molecule has 1 atom stereocenters. The van der Waals surface area contributed by atoms with Crippen molar-refractivity contribution in [1.82, 2.24) is 0 Å². The highest BCUT2D eigenvalue weighted by Crippen LogP contribution is 2.26. The van der Waals surface area contributed by atoms with Crippen molar-refractivity contribution < 1.29 is 0 Å². The standard InChI is InChI=1S/C13H26Si/c1-6-8-9-10-11-12-13(7-2)14(3,4)5/h2,13H,6,8-12H2,1,3-5H3. The van der Waals surface area contributed by atoms with E-state index in [9.17, 15) is 0 Å². The molecule has 0 saturated carbocycles. The molecule has 0 nitrogen and oxygen atoms in total. The van der Waals surface area contributed by atoms with Crippen LogP contribution in [0.1, 0.15) is 45.4 Å². The lowest BCUT2D eigenvalue weighted by Crippen LogP contribution is -2.27. The van der Waals surface area contributed by atoms with Gasteiger partial charge in [-0.2, -0.15) is 0 Å². The quantitative estimate of drug-likeness (QED) is 0.325. The highest BCUT2D eigenvalue weighted by Gasteiger charge is 2.23. The number of rotatable bonds is 7. The van der Waals surface area contributed by atoms with Crippen LogP contribution in [0.3, 0.4) is 0 Å². The van der Waals surface area contributed by atoms with Crippen LogP contribution in [0.25, 0.3) is 0 Å². The van der Waals surface area contributed by atoms with E-state index in [-0.39, 0.29) is 0 Å². The normalized spacial score (nSPS) is 13.6. The Morgan fingerprint density at radius 3 is 2.07 bits per heavy atom. The van der Waals surface area contributed by atoms with Crippen LogP contribution in [-0.2, 0) is 0 Å². The molecular formula is C13H26Si. The van der Waals surface area contributed by atoms with E-state index in [4.69, 9.17) is 6.42 Å². The van der Waals surface area contributed by atoms with Crippen LogP contribution in [0, 0.1) is 12.3 Å². The molecule has 0 aliphatic rings. The van der Waals surface area contributed by atoms with Gasteiger partial charge in [0.25, 0.3) is 0 Å². The summed E-state index contributed by atoms with van der Waals surface area (Å²) in [5, 5.41) is 0. The van der Waals surface area contributed by atoms with Gasteiger partial charge in [0.1, 0.15) is 0 Å². The van der Waals surface area contributed by atoms with Gasteiger partial charge in [-0.15, -0.1) is 12.3 Å². The lowest BCUT2D eigenvalue weighted by molar-refractivity contribution is 0.610. The molecule has 1 heteroatoms. The molecule has 0 aliphatic heterocycles. The van der Waals surface area contributed by atoms with Crippen LogP contribution in [-0.4, -0.2) is 8.07 Å². The number of terminal acetylenes is 1. The van der Waals surface area contributed by atoms with Gasteiger partial charge < -0.3 is 0 Å². The number of hydrogen-bond donors (Lipinski definition) is 0. The van der Waals surface area contributed by atoms with Crippen LogP contribution in [0.2, 0.25) is 25.2 Å². The van der Waals surface area contributed by atoms with Crippen LogP contribution in [0.15, 0.2) is 0 Å². The lowest BCUT2D eigenvalue weighted by Gasteiger charge is -2.23. The Morgan fingerprint density at radius 2 is 1.64 bits per heavy atom. The fourth-order valence-corrected chi connectivity index (χ4v) is 3.29. The minimum Gasteiger partial charge on any atom is -0.120 e. The molecule has 0 radical (unpaired) electrons. The summed E-state index contributed by atoms with van der Waals surface area (Å²) in [7, 11) is -1.09. The number of hydrogen-bond acceptors (Lipinski definition) is 0. The first-order valence-corrected chi connectivity index (χ1v) is 9.56. The van der Waals surface area contributed by atoms with E-state index >= 15 is 0 Å². The zero-order chi connectivity index (χ0) is 11.0. The molecule has 0 N–H and O–H groups in total.